The van der Waals surface area contributed by atoms with Crippen molar-refractivity contribution in [2.45, 2.75) is 90.0 Å². The van der Waals surface area contributed by atoms with Crippen LogP contribution >= 0.6 is 221 Å². The molecule has 15 rings (SSSR count). The summed E-state index contributed by atoms with van der Waals surface area (Å²) >= 11 is 70.1. The van der Waals surface area contributed by atoms with Crippen molar-refractivity contribution in [3.63, 3.8) is 0 Å². The van der Waals surface area contributed by atoms with Gasteiger partial charge in [-0.3, -0.25) is 20.1 Å². The number of likely N-dealkylation sites (N-methyl/N-ethyl adjacent to an activating group) is 2. The second kappa shape index (κ2) is 62.8. The molecule has 2 saturated heterocycles. The maximum absolute atomic E-state index is 11.8. The van der Waals surface area contributed by atoms with E-state index in [1.807, 2.05) is 126 Å². The van der Waals surface area contributed by atoms with E-state index in [1.165, 1.54) is 35.1 Å². The summed E-state index contributed by atoms with van der Waals surface area (Å²) in [7, 11) is 8.91. The molecule has 32 nitrogen and oxygen atoms in total. The van der Waals surface area contributed by atoms with Crippen LogP contribution in [0.4, 0.5) is 38.3 Å². The number of carbonyl (C=O) groups excluding carboxylic acids is 3. The van der Waals surface area contributed by atoms with E-state index in [9.17, 15) is 23.7 Å². The summed E-state index contributed by atoms with van der Waals surface area (Å²) in [5, 5.41) is 46.5. The van der Waals surface area contributed by atoms with Crippen molar-refractivity contribution >= 4 is 317 Å². The number of carbonyl (C=O) groups is 3. The number of nitrogens with zero attached hydrogens (tertiary/aromatic N) is 17. The molecule has 2 fully saturated rings. The minimum Gasteiger partial charge on any atom is -0.512 e. The second-order valence-electron chi connectivity index (χ2n) is 27.4. The van der Waals surface area contributed by atoms with Crippen molar-refractivity contribution in [3.8, 4) is 12.1 Å². The van der Waals surface area contributed by atoms with Gasteiger partial charge in [0.1, 0.15) is 29.6 Å². The molecule has 51 heteroatoms. The van der Waals surface area contributed by atoms with Crippen molar-refractivity contribution in [1.82, 2.24) is 79.3 Å². The predicted octanol–water partition coefficient (Wildman–Crippen LogP) is 22.8. The zero-order chi connectivity index (χ0) is 98.5. The molecule has 6 aromatic heterocycles. The molecule has 0 atom stereocenters. The molecule has 7 aromatic carbocycles. The number of nitriles is 2. The van der Waals surface area contributed by atoms with E-state index in [0.29, 0.717) is 77.4 Å². The number of ether oxygens (including phenoxy) is 2. The maximum atomic E-state index is 11.8. The number of hydrogen-bond donors (Lipinski definition) is 8. The minimum absolute atomic E-state index is 0. The third kappa shape index (κ3) is 42.1. The van der Waals surface area contributed by atoms with Crippen LogP contribution in [0.2, 0.25) is 40.4 Å². The number of aromatic nitrogens is 12. The van der Waals surface area contributed by atoms with Gasteiger partial charge in [0.2, 0.25) is 17.1 Å². The Kier molecular flexibility index (Phi) is 59.5. The first-order valence-electron chi connectivity index (χ1n) is 38.0. The number of H-pyrrole nitrogens is 1. The van der Waals surface area contributed by atoms with Gasteiger partial charge in [-0.2, -0.15) is 24.1 Å². The summed E-state index contributed by atoms with van der Waals surface area (Å²) < 4.78 is 24.0. The molecule has 2 aliphatic heterocycles. The van der Waals surface area contributed by atoms with Crippen LogP contribution in [-0.4, -0.2) is 166 Å². The fourth-order valence-corrected chi connectivity index (χ4v) is 13.0. The number of nitrogens with one attached hydrogen (secondary N) is 4. The van der Waals surface area contributed by atoms with E-state index in [-0.39, 0.29) is 60.1 Å². The van der Waals surface area contributed by atoms with Gasteiger partial charge in [-0.05, 0) is 304 Å². The standard InChI is InChI=1S/C16H19ClN6.C11H8Cl2N4.C11H9ClN4O.C11H11ClN2O2.C8H7ClN2.C7H7ClIN.C7H8ClN.C5H12N2.C3H5ClO2.C2H6N2O.CN.Cl3OP.ClI.2ClH.Cu/c1-10-8-14-12(9-13(10)17)15-18-11(2)20-23(15)16(19-14)22-6-4-21(3)5-7-22;1-5-3-9-7(4-8(5)12)10-14-6(2)16-17(10)11(13)15-9;1-5-3-9-7(4-8(5)12)10-13-6(2)15-16(10)11(17)14-9;1-3-16-11(15)14-10-4-7(2)9(12)5-8(10)6-13;1-5-2-8(11)6(4-10)3-7(5)9;1-4-2-7(10)6(9)3-5(4)8;1-5-4-6(9)2-3-7(5)8;1-7-4-2-6-3-5-7;1-2-6-3(4)5;1-2(5)4-3;1-2;1-5(2,3)4;1-2;;;/h8-9H,4-7H2,1-3H3;3-4H,1-2H3;3-4H,1-2H3,(H,14,17);4-5H,3H2,1-2H3,(H,14,15);2-3H,11H2,1H3;2-3H,10H2,1H3;2-4H,9H2,1H3;6H,2-5H2,1H3;2H2,1H3;3H2,1H3,(H,4,5);;;;2*1H;/q;;;;;;;;;;-1;;;;;+1. The van der Waals surface area contributed by atoms with Gasteiger partial charge >= 0.3 is 39.5 Å². The van der Waals surface area contributed by atoms with Gasteiger partial charge in [0.25, 0.3) is 0 Å². The first-order valence-corrected chi connectivity index (χ1v) is 49.6. The van der Waals surface area contributed by atoms with E-state index in [2.05, 4.69) is 155 Å². The largest absolute Gasteiger partial charge is 1.00 e. The Morgan fingerprint density at radius 1 is 0.541 bits per heavy atom. The van der Waals surface area contributed by atoms with Gasteiger partial charge in [0.15, 0.2) is 16.9 Å². The smallest absolute Gasteiger partial charge is 0.512 e. The van der Waals surface area contributed by atoms with Crippen molar-refractivity contribution < 1.29 is 45.5 Å². The number of amides is 2. The quantitative estimate of drug-likeness (QED) is 0.00775. The van der Waals surface area contributed by atoms with Crippen LogP contribution in [0, 0.1) is 107 Å². The monoisotopic (exact) mass is 2410 g/mol. The zero-order valence-electron chi connectivity index (χ0n) is 73.7. The number of fused-ring (bicyclic) bond motifs is 9. The molecule has 0 radical (unpaired) electrons. The predicted molar refractivity (Wildman–Crippen MR) is 562 cm³/mol. The van der Waals surface area contributed by atoms with Crippen LogP contribution in [0.3, 0.4) is 0 Å². The van der Waals surface area contributed by atoms with Crippen LogP contribution in [-0.2, 0) is 35.9 Å². The Bertz CT molecular complexity index is 6240. The van der Waals surface area contributed by atoms with Gasteiger partial charge in [-0.1, -0.05) is 81.2 Å². The molecule has 0 saturated carbocycles. The average molecular weight is 2420 g/mol. The van der Waals surface area contributed by atoms with E-state index < -0.39 is 16.7 Å². The van der Waals surface area contributed by atoms with Crippen LogP contribution in [0.25, 0.3) is 49.7 Å². The van der Waals surface area contributed by atoms with Gasteiger partial charge in [-0.15, -0.1) is 40.1 Å². The van der Waals surface area contributed by atoms with Gasteiger partial charge in [0, 0.05) is 164 Å². The van der Waals surface area contributed by atoms with E-state index in [4.69, 9.17) is 154 Å². The summed E-state index contributed by atoms with van der Waals surface area (Å²) in [5.41, 5.74) is 31.7. The second-order valence-corrected chi connectivity index (χ2v) is 38.7. The van der Waals surface area contributed by atoms with Gasteiger partial charge < -0.3 is 63.5 Å². The van der Waals surface area contributed by atoms with Crippen molar-refractivity contribution in [1.29, 1.82) is 15.8 Å². The summed E-state index contributed by atoms with van der Waals surface area (Å²) in [6, 6.07) is 30.9. The average Bonchev–Trinajstić information content (AvgIpc) is 1.65. The number of nitrogens with two attached hydrogens (primary N) is 4. The number of hydrazine groups is 1. The number of rotatable bonds is 4. The molecule has 8 heterocycles. The minimum atomic E-state index is -3.22. The number of piperazine rings is 2. The number of aromatic amines is 1. The Morgan fingerprint density at radius 3 is 1.36 bits per heavy atom. The molecule has 0 spiro atoms. The van der Waals surface area contributed by atoms with Crippen LogP contribution in [0.15, 0.2) is 95.8 Å². The fourth-order valence-electron chi connectivity index (χ4n) is 10.9. The first kappa shape index (κ1) is 126. The molecule has 2 aliphatic rings. The molecule has 133 heavy (non-hydrogen) atoms. The normalized spacial score (nSPS) is 11.5. The zero-order valence-corrected chi connectivity index (χ0v) is 91.3. The Morgan fingerprint density at radius 2 is 0.932 bits per heavy atom. The molecule has 12 N–H and O–H groups in total. The summed E-state index contributed by atoms with van der Waals surface area (Å²) in [6.45, 7) is 37.6. The topological polar surface area (TPSA) is 457 Å². The van der Waals surface area contributed by atoms with Gasteiger partial charge in [0.05, 0.1) is 46.6 Å². The van der Waals surface area contributed by atoms with E-state index in [0.717, 1.165) is 158 Å². The number of benzene rings is 7. The Balaban J connectivity index is 0.00000148. The summed E-state index contributed by atoms with van der Waals surface area (Å²) in [4.78, 5) is 74.2. The molecule has 0 bridgehead atoms. The van der Waals surface area contributed by atoms with Crippen molar-refractivity contribution in [2.24, 2.45) is 5.84 Å². The van der Waals surface area contributed by atoms with Crippen molar-refractivity contribution in [3.05, 3.63) is 220 Å². The van der Waals surface area contributed by atoms with Crippen LogP contribution in [0.5, 0.6) is 0 Å². The number of halogens is 17. The Hall–Kier alpha value is -6.95. The first-order chi connectivity index (χ1) is 61.1. The number of aryl methyl sites for hydroxylation is 10. The fraction of sp³-hybridized carbons (Fsp3) is 0.305. The molecule has 13 aromatic rings. The third-order valence-corrected chi connectivity index (χ3v) is 21.5. The molecule has 0 unspecified atom stereocenters. The van der Waals surface area contributed by atoms with Crippen molar-refractivity contribution in [2.75, 3.05) is 107 Å². The summed E-state index contributed by atoms with van der Waals surface area (Å²) in [6.07, 6.45) is -0.583. The van der Waals surface area contributed by atoms with Crippen LogP contribution < -0.4 is 49.7 Å². The molecular formula is C82H94Cl15CuI2N25O7P. The number of nitrogen functional groups attached to an aromatic ring is 3. The van der Waals surface area contributed by atoms with E-state index >= 15 is 0 Å². The Labute approximate surface area is 882 Å². The van der Waals surface area contributed by atoms with Crippen LogP contribution in [0.1, 0.15) is 88.3 Å². The summed E-state index contributed by atoms with van der Waals surface area (Å²) in [5.74, 6) is 7.17. The SMILES string of the molecule is CC(=O)NN.CCOC(=O)Cl.CCOC(=O)Nc1cc(C)c(Cl)cc1C#N.CN1CCNCC1.Cc1cc(N)c(C#N)cc1Cl.Cc1cc(N)c(I)cc1Cl.Cc1cc(N)ccc1Cl.Cc1nc2c3cc(Cl)c(C)cc3[nH]c(=O)n2n1.Cc1nc2c3cc(Cl)c(C)cc3nc(Cl)n2n1.Cc1nc2c3cc(Cl)c(C)cc3nc(N3CCN(C)CC3)n2n1.Cl.Cl.ClI.O=P(Cl)(Cl)Cl.[C-]#N.[Cu+]. The molecule has 2 amide bonds. The molecular weight excluding hydrogens is 2330 g/mol. The molecule has 724 valence electrons. The number of anilines is 5. The number of hydrogen-bond acceptors (Lipinski definition) is 26. The van der Waals surface area contributed by atoms with E-state index in [1.54, 1.807) is 85.6 Å². The van der Waals surface area contributed by atoms with Gasteiger partial charge in [-0.25, -0.2) is 45.1 Å². The third-order valence-electron chi connectivity index (χ3n) is 17.4. The maximum Gasteiger partial charge on any atom is 1.00 e. The molecule has 0 aliphatic carbocycles.